The van der Waals surface area contributed by atoms with Gasteiger partial charge in [0.05, 0.1) is 30.8 Å². The fraction of sp³-hybridized carbons (Fsp3) is 0.786. The third-order valence-corrected chi connectivity index (χ3v) is 16.2. The second kappa shape index (κ2) is 23.6. The van der Waals surface area contributed by atoms with E-state index < -0.39 is 81.1 Å². The number of carbonyl (C=O) groups is 5. The number of ether oxygens (including phenoxy) is 5. The van der Waals surface area contributed by atoms with Gasteiger partial charge in [-0.3, -0.25) is 24.1 Å². The van der Waals surface area contributed by atoms with Gasteiger partial charge in [0, 0.05) is 38.0 Å². The predicted octanol–water partition coefficient (Wildman–Crippen LogP) is 6.17. The number of likely N-dealkylation sites (N-methyl/N-ethyl adjacent to an activating group) is 1. The molecule has 56 heavy (non-hydrogen) atoms. The topological polar surface area (TPSA) is 175 Å². The summed E-state index contributed by atoms with van der Waals surface area (Å²) in [7, 11) is 1.29. The Balaban J connectivity index is 0.0000157. The average molecular weight is 812 g/mol. The van der Waals surface area contributed by atoms with E-state index in [0.29, 0.717) is 12.8 Å². The molecule has 0 aromatic carbocycles. The smallest absolute Gasteiger partial charge is 0.308 e. The number of esters is 3. The molecule has 1 fully saturated rings. The summed E-state index contributed by atoms with van der Waals surface area (Å²) in [6.45, 7) is 22.0. The van der Waals surface area contributed by atoms with Gasteiger partial charge in [-0.1, -0.05) is 66.2 Å². The summed E-state index contributed by atoms with van der Waals surface area (Å²) < 4.78 is 38.5. The zero-order valence-corrected chi connectivity index (χ0v) is 37.5. The van der Waals surface area contributed by atoms with Gasteiger partial charge in [0.25, 0.3) is 0 Å². The zero-order valence-electron chi connectivity index (χ0n) is 36.5. The van der Waals surface area contributed by atoms with Crippen LogP contribution in [0.25, 0.3) is 0 Å². The fourth-order valence-electron chi connectivity index (χ4n) is 8.23. The number of nitrogens with zero attached hydrogens (tertiary/aromatic N) is 1. The largest absolute Gasteiger partial charge is 0.462 e. The van der Waals surface area contributed by atoms with E-state index in [2.05, 4.69) is 20.8 Å². The van der Waals surface area contributed by atoms with E-state index in [1.54, 1.807) is 19.1 Å². The van der Waals surface area contributed by atoms with Crippen molar-refractivity contribution >= 4 is 37.8 Å². The Morgan fingerprint density at radius 2 is 1.45 bits per heavy atom. The Morgan fingerprint density at radius 1 is 0.875 bits per heavy atom. The molecular formula is C42H73NO12Si. The van der Waals surface area contributed by atoms with Gasteiger partial charge in [0.2, 0.25) is 0 Å². The summed E-state index contributed by atoms with van der Waals surface area (Å²) in [6.07, 6.45) is 0.994. The van der Waals surface area contributed by atoms with Crippen molar-refractivity contribution in [1.29, 1.82) is 0 Å². The van der Waals surface area contributed by atoms with Crippen LogP contribution in [0.2, 0.25) is 18.1 Å². The van der Waals surface area contributed by atoms with Gasteiger partial charge in [-0.2, -0.15) is 0 Å². The Labute approximate surface area is 337 Å². The lowest BCUT2D eigenvalue weighted by molar-refractivity contribution is -0.307. The van der Waals surface area contributed by atoms with Crippen LogP contribution in [0.5, 0.6) is 0 Å². The van der Waals surface area contributed by atoms with Gasteiger partial charge in [0.1, 0.15) is 18.0 Å². The summed E-state index contributed by atoms with van der Waals surface area (Å²) in [5, 5.41) is 0. The summed E-state index contributed by atoms with van der Waals surface area (Å²) in [4.78, 5) is 66.7. The van der Waals surface area contributed by atoms with Crippen molar-refractivity contribution in [3.63, 3.8) is 0 Å². The van der Waals surface area contributed by atoms with Crippen molar-refractivity contribution in [2.75, 3.05) is 14.1 Å². The fourth-order valence-corrected chi connectivity index (χ4v) is 11.2. The van der Waals surface area contributed by atoms with Crippen LogP contribution >= 0.6 is 0 Å². The lowest BCUT2D eigenvalue weighted by atomic mass is 9.82. The molecule has 322 valence electrons. The van der Waals surface area contributed by atoms with Gasteiger partial charge in [-0.05, 0) is 77.8 Å². The highest BCUT2D eigenvalue weighted by Gasteiger charge is 2.52. The molecule has 0 radical (unpaired) electrons. The molecular weight excluding hydrogens is 739 g/mol. The number of rotatable bonds is 13. The SMILES string of the molecule is CCC1OC(=O)C[C@@H](O[Si](CC)(CC)CC)[C@H](C)[C@@H](OC2OC(C)C(OC(C)=O)C(N(C)C)C2OC(C)=O)[C@@H](C)C[C@@H](C)C(=O)/C=C/C(C)=C/C1CC(C)=O.O. The summed E-state index contributed by atoms with van der Waals surface area (Å²) in [5.74, 6) is -3.01. The van der Waals surface area contributed by atoms with Crippen LogP contribution in [-0.2, 0) is 52.1 Å². The van der Waals surface area contributed by atoms with E-state index in [0.717, 1.165) is 23.7 Å². The molecule has 0 aromatic rings. The maximum atomic E-state index is 14.1. The first-order chi connectivity index (χ1) is 25.7. The molecule has 0 aromatic heterocycles. The number of allylic oxidation sites excluding steroid dienone is 3. The van der Waals surface area contributed by atoms with Crippen molar-refractivity contribution in [3.8, 4) is 0 Å². The number of cyclic esters (lactones) is 1. The minimum absolute atomic E-state index is 0. The second-order valence-corrected chi connectivity index (χ2v) is 20.9. The van der Waals surface area contributed by atoms with Gasteiger partial charge < -0.3 is 38.4 Å². The van der Waals surface area contributed by atoms with Crippen molar-refractivity contribution in [3.05, 3.63) is 23.8 Å². The zero-order chi connectivity index (χ0) is 41.8. The number of hydrogen-bond acceptors (Lipinski definition) is 12. The molecule has 2 N–H and O–H groups in total. The molecule has 2 aliphatic rings. The molecule has 2 rings (SSSR count). The van der Waals surface area contributed by atoms with Crippen LogP contribution in [0.1, 0.15) is 109 Å². The summed E-state index contributed by atoms with van der Waals surface area (Å²) >= 11 is 0. The monoisotopic (exact) mass is 811 g/mol. The quantitative estimate of drug-likeness (QED) is 0.118. The Morgan fingerprint density at radius 3 is 1.95 bits per heavy atom. The lowest BCUT2D eigenvalue weighted by Gasteiger charge is -2.48. The lowest BCUT2D eigenvalue weighted by Crippen LogP contribution is -2.65. The molecule has 7 unspecified atom stereocenters. The summed E-state index contributed by atoms with van der Waals surface area (Å²) in [5.41, 5.74) is 0.796. The number of hydrogen-bond donors (Lipinski definition) is 0. The van der Waals surface area contributed by atoms with Crippen molar-refractivity contribution in [2.24, 2.45) is 23.7 Å². The van der Waals surface area contributed by atoms with E-state index in [-0.39, 0.29) is 47.6 Å². The third kappa shape index (κ3) is 14.6. The third-order valence-electron chi connectivity index (χ3n) is 11.5. The van der Waals surface area contributed by atoms with Gasteiger partial charge in [0.15, 0.2) is 26.5 Å². The average Bonchev–Trinajstić information content (AvgIpc) is 3.10. The number of carbonyl (C=O) groups excluding carboxylic acids is 5. The van der Waals surface area contributed by atoms with Gasteiger partial charge in [-0.15, -0.1) is 0 Å². The second-order valence-electron chi connectivity index (χ2n) is 16.1. The first-order valence-corrected chi connectivity index (χ1v) is 22.8. The minimum atomic E-state index is -2.33. The number of Topliss-reactive ketones (excluding diaryl/α,β-unsaturated/α-hetero) is 1. The van der Waals surface area contributed by atoms with Crippen LogP contribution in [0.4, 0.5) is 0 Å². The van der Waals surface area contributed by atoms with Crippen molar-refractivity contribution < 1.29 is 57.6 Å². The number of ketones is 2. The van der Waals surface area contributed by atoms with E-state index in [4.69, 9.17) is 28.1 Å². The van der Waals surface area contributed by atoms with Crippen LogP contribution in [0.3, 0.4) is 0 Å². The molecule has 14 heteroatoms. The molecule has 13 nitrogen and oxygen atoms in total. The highest BCUT2D eigenvalue weighted by molar-refractivity contribution is 6.73. The van der Waals surface area contributed by atoms with Crippen LogP contribution < -0.4 is 0 Å². The molecule has 0 bridgehead atoms. The minimum Gasteiger partial charge on any atom is -0.462 e. The summed E-state index contributed by atoms with van der Waals surface area (Å²) in [6, 6.07) is 1.93. The van der Waals surface area contributed by atoms with Crippen molar-refractivity contribution in [1.82, 2.24) is 4.90 Å². The first-order valence-electron chi connectivity index (χ1n) is 20.3. The van der Waals surface area contributed by atoms with Gasteiger partial charge >= 0.3 is 17.9 Å². The van der Waals surface area contributed by atoms with Gasteiger partial charge in [-0.25, -0.2) is 0 Å². The van der Waals surface area contributed by atoms with Crippen LogP contribution in [-0.4, -0.2) is 111 Å². The normalized spacial score (nSPS) is 34.0. The van der Waals surface area contributed by atoms with Crippen molar-refractivity contribution in [2.45, 2.75) is 176 Å². The standard InChI is InChI=1S/C42H71NO11Si.H2O/c1-15-35-33(23-28(8)44)21-25(5)19-20-34(47)26(6)22-27(7)39(29(9)36(24-37(48)52-35)54-55(16-2,17-3)18-4)53-42-41(51-32(12)46)38(43(13)14)40(30(10)49-42)50-31(11)45;/h19-21,26-27,29-30,33,35-36,38-42H,15-18,22-24H2,1-14H3;1H2/b20-19+,25-21+;/t26-,27+,29+,30?,33?,35?,36-,38?,39+,40?,41?,42?;/m1./s1. The molecule has 12 atom stereocenters. The van der Waals surface area contributed by atoms with Crippen LogP contribution in [0, 0.1) is 23.7 Å². The predicted molar refractivity (Wildman–Crippen MR) is 217 cm³/mol. The Bertz CT molecular complexity index is 1350. The van der Waals surface area contributed by atoms with E-state index in [1.807, 2.05) is 59.7 Å². The molecule has 0 spiro atoms. The highest BCUT2D eigenvalue weighted by Crippen LogP contribution is 2.37. The molecule has 0 saturated carbocycles. The maximum absolute atomic E-state index is 14.1. The van der Waals surface area contributed by atoms with Crippen LogP contribution in [0.15, 0.2) is 23.8 Å². The molecule has 2 aliphatic heterocycles. The molecule has 0 amide bonds. The highest BCUT2D eigenvalue weighted by atomic mass is 28.4. The first kappa shape index (κ1) is 51.3. The van der Waals surface area contributed by atoms with E-state index >= 15 is 0 Å². The molecule has 1 saturated heterocycles. The molecule has 0 aliphatic carbocycles. The maximum Gasteiger partial charge on any atom is 0.308 e. The Kier molecular flexibility index (Phi) is 21.6. The molecule has 2 heterocycles. The van der Waals surface area contributed by atoms with E-state index in [9.17, 15) is 24.0 Å². The Hall–Kier alpha value is -2.75. The van der Waals surface area contributed by atoms with E-state index in [1.165, 1.54) is 20.8 Å².